The summed E-state index contributed by atoms with van der Waals surface area (Å²) in [6.07, 6.45) is 2.17. The first-order chi connectivity index (χ1) is 10.2. The number of unbranched alkanes of at least 4 members (excludes halogenated alkanes) is 1. The summed E-state index contributed by atoms with van der Waals surface area (Å²) in [6, 6.07) is 6.53. The van der Waals surface area contributed by atoms with E-state index in [0.29, 0.717) is 0 Å². The van der Waals surface area contributed by atoms with Crippen LogP contribution in [0.5, 0.6) is 0 Å². The van der Waals surface area contributed by atoms with Gasteiger partial charge in [-0.25, -0.2) is 0 Å². The normalized spacial score (nSPS) is 11.5. The Hall–Kier alpha value is -1.55. The molecule has 4 nitrogen and oxygen atoms in total. The van der Waals surface area contributed by atoms with Crippen molar-refractivity contribution in [3.63, 3.8) is 0 Å². The van der Waals surface area contributed by atoms with Gasteiger partial charge in [-0.3, -0.25) is 4.99 Å². The van der Waals surface area contributed by atoms with Crippen LogP contribution in [0.25, 0.3) is 0 Å². The second-order valence-corrected chi connectivity index (χ2v) is 5.19. The molecular formula is C17H29N3O. The van der Waals surface area contributed by atoms with Crippen molar-refractivity contribution in [1.82, 2.24) is 10.6 Å². The third-order valence-electron chi connectivity index (χ3n) is 3.38. The van der Waals surface area contributed by atoms with Crippen molar-refractivity contribution in [3.8, 4) is 0 Å². The van der Waals surface area contributed by atoms with Crippen molar-refractivity contribution >= 4 is 5.96 Å². The van der Waals surface area contributed by atoms with Gasteiger partial charge in [0.1, 0.15) is 0 Å². The van der Waals surface area contributed by atoms with Crippen LogP contribution in [0.1, 0.15) is 36.5 Å². The van der Waals surface area contributed by atoms with E-state index >= 15 is 0 Å². The van der Waals surface area contributed by atoms with Crippen LogP contribution in [0, 0.1) is 13.8 Å². The van der Waals surface area contributed by atoms with Gasteiger partial charge in [0, 0.05) is 33.4 Å². The Labute approximate surface area is 129 Å². The lowest BCUT2D eigenvalue weighted by molar-refractivity contribution is 0.143. The summed E-state index contributed by atoms with van der Waals surface area (Å²) in [5.74, 6) is 0.853. The van der Waals surface area contributed by atoms with Crippen LogP contribution in [0.3, 0.4) is 0 Å². The molecule has 0 aromatic heterocycles. The fraction of sp³-hybridized carbons (Fsp3) is 0.588. The molecule has 0 aliphatic heterocycles. The maximum Gasteiger partial charge on any atom is 0.191 e. The number of guanidine groups is 1. The summed E-state index contributed by atoms with van der Waals surface area (Å²) in [5, 5.41) is 6.69. The van der Waals surface area contributed by atoms with Crippen LogP contribution in [0.4, 0.5) is 0 Å². The number of benzene rings is 1. The molecule has 118 valence electrons. The Morgan fingerprint density at radius 1 is 1.19 bits per heavy atom. The first-order valence-corrected chi connectivity index (χ1v) is 7.75. The van der Waals surface area contributed by atoms with Crippen molar-refractivity contribution in [2.45, 2.75) is 40.2 Å². The number of hydrogen-bond donors (Lipinski definition) is 2. The second kappa shape index (κ2) is 10.2. The van der Waals surface area contributed by atoms with E-state index in [1.165, 1.54) is 16.7 Å². The van der Waals surface area contributed by atoms with E-state index in [1.807, 2.05) is 6.92 Å². The van der Waals surface area contributed by atoms with Gasteiger partial charge in [0.05, 0.1) is 0 Å². The molecule has 1 rings (SSSR count). The van der Waals surface area contributed by atoms with Gasteiger partial charge in [0.25, 0.3) is 0 Å². The highest BCUT2D eigenvalue weighted by molar-refractivity contribution is 5.79. The highest BCUT2D eigenvalue weighted by Crippen LogP contribution is 2.09. The Balaban J connectivity index is 2.28. The topological polar surface area (TPSA) is 45.6 Å². The smallest absolute Gasteiger partial charge is 0.191 e. The van der Waals surface area contributed by atoms with E-state index < -0.39 is 0 Å². The molecule has 0 aliphatic rings. The maximum absolute atomic E-state index is 5.32. The second-order valence-electron chi connectivity index (χ2n) is 5.19. The monoisotopic (exact) mass is 291 g/mol. The molecule has 4 heteroatoms. The van der Waals surface area contributed by atoms with Gasteiger partial charge in [0.15, 0.2) is 5.96 Å². The number of aliphatic imine (C=N–C) groups is 1. The van der Waals surface area contributed by atoms with Gasteiger partial charge in [-0.05, 0) is 44.7 Å². The largest absolute Gasteiger partial charge is 0.382 e. The average molecular weight is 291 g/mol. The summed E-state index contributed by atoms with van der Waals surface area (Å²) in [6.45, 7) is 9.64. The Morgan fingerprint density at radius 3 is 2.67 bits per heavy atom. The molecule has 0 saturated carbocycles. The summed E-state index contributed by atoms with van der Waals surface area (Å²) in [5.41, 5.74) is 3.92. The molecule has 0 unspecified atom stereocenters. The molecule has 0 aliphatic carbocycles. The standard InChI is InChI=1S/C17H29N3O/c1-5-21-11-7-6-10-19-17(18-4)20-13-16-9-8-14(2)12-15(16)3/h8-9,12H,5-7,10-11,13H2,1-4H3,(H2,18,19,20). The van der Waals surface area contributed by atoms with Gasteiger partial charge in [-0.2, -0.15) is 0 Å². The number of ether oxygens (including phenoxy) is 1. The molecule has 0 spiro atoms. The van der Waals surface area contributed by atoms with Crippen LogP contribution >= 0.6 is 0 Å². The third-order valence-corrected chi connectivity index (χ3v) is 3.38. The fourth-order valence-electron chi connectivity index (χ4n) is 2.12. The van der Waals surface area contributed by atoms with Crippen molar-refractivity contribution < 1.29 is 4.74 Å². The first kappa shape index (κ1) is 17.5. The number of aryl methyl sites for hydroxylation is 2. The zero-order valence-corrected chi connectivity index (χ0v) is 13.8. The van der Waals surface area contributed by atoms with Gasteiger partial charge < -0.3 is 15.4 Å². The van der Waals surface area contributed by atoms with E-state index in [1.54, 1.807) is 7.05 Å². The Bertz CT molecular complexity index is 444. The quantitative estimate of drug-likeness (QED) is 0.440. The number of nitrogens with zero attached hydrogens (tertiary/aromatic N) is 1. The molecule has 0 atom stereocenters. The highest BCUT2D eigenvalue weighted by atomic mass is 16.5. The molecule has 21 heavy (non-hydrogen) atoms. The molecule has 0 heterocycles. The van der Waals surface area contributed by atoms with Crippen LogP contribution in [-0.2, 0) is 11.3 Å². The van der Waals surface area contributed by atoms with E-state index in [-0.39, 0.29) is 0 Å². The molecule has 0 bridgehead atoms. The summed E-state index contributed by atoms with van der Waals surface area (Å²) in [7, 11) is 1.80. The highest BCUT2D eigenvalue weighted by Gasteiger charge is 2.01. The van der Waals surface area contributed by atoms with Crippen LogP contribution in [0.2, 0.25) is 0 Å². The number of nitrogens with one attached hydrogen (secondary N) is 2. The lowest BCUT2D eigenvalue weighted by Crippen LogP contribution is -2.37. The summed E-state index contributed by atoms with van der Waals surface area (Å²) < 4.78 is 5.32. The fourth-order valence-corrected chi connectivity index (χ4v) is 2.12. The summed E-state index contributed by atoms with van der Waals surface area (Å²) >= 11 is 0. The third kappa shape index (κ3) is 7.14. The molecular weight excluding hydrogens is 262 g/mol. The molecule has 0 saturated heterocycles. The molecule has 2 N–H and O–H groups in total. The van der Waals surface area contributed by atoms with Crippen molar-refractivity contribution in [2.75, 3.05) is 26.8 Å². The van der Waals surface area contributed by atoms with Crippen LogP contribution in [0.15, 0.2) is 23.2 Å². The lowest BCUT2D eigenvalue weighted by atomic mass is 10.1. The van der Waals surface area contributed by atoms with Crippen molar-refractivity contribution in [2.24, 2.45) is 4.99 Å². The van der Waals surface area contributed by atoms with Gasteiger partial charge in [0.2, 0.25) is 0 Å². The molecule has 1 aromatic carbocycles. The Kier molecular flexibility index (Phi) is 8.51. The first-order valence-electron chi connectivity index (χ1n) is 7.75. The SMILES string of the molecule is CCOCCCCNC(=NC)NCc1ccc(C)cc1C. The minimum atomic E-state index is 0.796. The predicted molar refractivity (Wildman–Crippen MR) is 89.8 cm³/mol. The zero-order valence-electron chi connectivity index (χ0n) is 13.8. The van der Waals surface area contributed by atoms with E-state index in [2.05, 4.69) is 47.7 Å². The minimum absolute atomic E-state index is 0.796. The van der Waals surface area contributed by atoms with Gasteiger partial charge in [-0.1, -0.05) is 23.8 Å². The zero-order chi connectivity index (χ0) is 15.5. The molecule has 0 fully saturated rings. The summed E-state index contributed by atoms with van der Waals surface area (Å²) in [4.78, 5) is 4.25. The van der Waals surface area contributed by atoms with Crippen LogP contribution in [-0.4, -0.2) is 32.8 Å². The van der Waals surface area contributed by atoms with Crippen LogP contribution < -0.4 is 10.6 Å². The maximum atomic E-state index is 5.32. The van der Waals surface area contributed by atoms with Crippen molar-refractivity contribution in [1.29, 1.82) is 0 Å². The number of hydrogen-bond acceptors (Lipinski definition) is 2. The van der Waals surface area contributed by atoms with E-state index in [4.69, 9.17) is 4.74 Å². The molecule has 0 amide bonds. The molecule has 1 aromatic rings. The average Bonchev–Trinajstić information content (AvgIpc) is 2.47. The molecule has 0 radical (unpaired) electrons. The minimum Gasteiger partial charge on any atom is -0.382 e. The van der Waals surface area contributed by atoms with Gasteiger partial charge >= 0.3 is 0 Å². The van der Waals surface area contributed by atoms with Gasteiger partial charge in [-0.15, -0.1) is 0 Å². The van der Waals surface area contributed by atoms with Crippen molar-refractivity contribution in [3.05, 3.63) is 34.9 Å². The Morgan fingerprint density at radius 2 is 2.00 bits per heavy atom. The lowest BCUT2D eigenvalue weighted by Gasteiger charge is -2.13. The van der Waals surface area contributed by atoms with E-state index in [0.717, 1.165) is 45.1 Å². The predicted octanol–water partition coefficient (Wildman–Crippen LogP) is 2.79. The number of rotatable bonds is 8. The van der Waals surface area contributed by atoms with E-state index in [9.17, 15) is 0 Å².